The van der Waals surface area contributed by atoms with Crippen molar-refractivity contribution < 1.29 is 9.53 Å². The molecule has 0 unspecified atom stereocenters. The van der Waals surface area contributed by atoms with Gasteiger partial charge in [-0.3, -0.25) is 4.79 Å². The summed E-state index contributed by atoms with van der Waals surface area (Å²) in [4.78, 5) is 12.2. The van der Waals surface area contributed by atoms with Crippen LogP contribution >= 0.6 is 0 Å². The van der Waals surface area contributed by atoms with Gasteiger partial charge >= 0.3 is 0 Å². The highest BCUT2D eigenvalue weighted by molar-refractivity contribution is 5.81. The topological polar surface area (TPSA) is 38.3 Å². The highest BCUT2D eigenvalue weighted by atomic mass is 16.5. The van der Waals surface area contributed by atoms with Crippen LogP contribution in [0.15, 0.2) is 24.3 Å². The largest absolute Gasteiger partial charge is 0.481 e. The molecule has 0 heterocycles. The molecule has 1 saturated carbocycles. The normalized spacial score (nSPS) is 23.9. The molecule has 1 N–H and O–H groups in total. The van der Waals surface area contributed by atoms with Gasteiger partial charge in [0.1, 0.15) is 5.75 Å². The lowest BCUT2D eigenvalue weighted by Gasteiger charge is -2.30. The molecule has 0 aromatic heterocycles. The molecule has 1 aromatic rings. The SMILES string of the molecule is Cc1cccc(O[C@H](C)C(=O)N[C@H]2CCCC[C@@H]2C)c1. The Kier molecular flexibility index (Phi) is 5.05. The predicted octanol–water partition coefficient (Wildman–Crippen LogP) is 3.46. The van der Waals surface area contributed by atoms with E-state index in [0.29, 0.717) is 12.0 Å². The van der Waals surface area contributed by atoms with Crippen LogP contribution in [0.25, 0.3) is 0 Å². The summed E-state index contributed by atoms with van der Waals surface area (Å²) < 4.78 is 5.72. The Morgan fingerprint density at radius 3 is 2.80 bits per heavy atom. The lowest BCUT2D eigenvalue weighted by molar-refractivity contribution is -0.128. The first-order chi connectivity index (χ1) is 9.56. The Morgan fingerprint density at radius 2 is 2.10 bits per heavy atom. The Bertz CT molecular complexity index is 458. The van der Waals surface area contributed by atoms with E-state index in [9.17, 15) is 4.79 Å². The van der Waals surface area contributed by atoms with Crippen molar-refractivity contribution in [2.45, 2.75) is 58.6 Å². The maximum atomic E-state index is 12.2. The number of hydrogen-bond donors (Lipinski definition) is 1. The first kappa shape index (κ1) is 14.9. The molecule has 3 atom stereocenters. The molecule has 110 valence electrons. The van der Waals surface area contributed by atoms with E-state index in [-0.39, 0.29) is 5.91 Å². The number of carbonyl (C=O) groups is 1. The molecule has 1 aromatic carbocycles. The van der Waals surface area contributed by atoms with Gasteiger partial charge in [0.25, 0.3) is 5.91 Å². The Morgan fingerprint density at radius 1 is 1.35 bits per heavy atom. The lowest BCUT2D eigenvalue weighted by Crippen LogP contribution is -2.46. The maximum Gasteiger partial charge on any atom is 0.261 e. The van der Waals surface area contributed by atoms with Crippen LogP contribution in [0.4, 0.5) is 0 Å². The third-order valence-corrected chi connectivity index (χ3v) is 4.11. The van der Waals surface area contributed by atoms with Crippen molar-refractivity contribution in [3.8, 4) is 5.75 Å². The fraction of sp³-hybridized carbons (Fsp3) is 0.588. The minimum atomic E-state index is -0.453. The number of aryl methyl sites for hydroxylation is 1. The number of carbonyl (C=O) groups excluding carboxylic acids is 1. The predicted molar refractivity (Wildman–Crippen MR) is 80.8 cm³/mol. The van der Waals surface area contributed by atoms with E-state index >= 15 is 0 Å². The van der Waals surface area contributed by atoms with Gasteiger partial charge < -0.3 is 10.1 Å². The van der Waals surface area contributed by atoms with Crippen molar-refractivity contribution in [3.63, 3.8) is 0 Å². The third kappa shape index (κ3) is 3.99. The van der Waals surface area contributed by atoms with E-state index in [1.165, 1.54) is 19.3 Å². The van der Waals surface area contributed by atoms with Crippen LogP contribution in [0.1, 0.15) is 45.1 Å². The van der Waals surface area contributed by atoms with Gasteiger partial charge in [-0.1, -0.05) is 31.9 Å². The van der Waals surface area contributed by atoms with Crippen LogP contribution in [-0.4, -0.2) is 18.1 Å². The molecule has 20 heavy (non-hydrogen) atoms. The third-order valence-electron chi connectivity index (χ3n) is 4.11. The second-order valence-corrected chi connectivity index (χ2v) is 5.95. The van der Waals surface area contributed by atoms with Crippen LogP contribution in [0.3, 0.4) is 0 Å². The van der Waals surface area contributed by atoms with E-state index in [2.05, 4.69) is 12.2 Å². The van der Waals surface area contributed by atoms with E-state index in [1.54, 1.807) is 0 Å². The molecule has 3 heteroatoms. The zero-order chi connectivity index (χ0) is 14.5. The minimum absolute atomic E-state index is 0.00902. The summed E-state index contributed by atoms with van der Waals surface area (Å²) in [6.45, 7) is 6.04. The molecule has 0 aliphatic heterocycles. The average Bonchev–Trinajstić information content (AvgIpc) is 2.41. The molecule has 2 rings (SSSR count). The van der Waals surface area contributed by atoms with Crippen LogP contribution in [0.2, 0.25) is 0 Å². The van der Waals surface area contributed by atoms with Crippen molar-refractivity contribution in [2.75, 3.05) is 0 Å². The number of benzene rings is 1. The van der Waals surface area contributed by atoms with Crippen molar-refractivity contribution in [1.82, 2.24) is 5.32 Å². The van der Waals surface area contributed by atoms with Gasteiger partial charge in [-0.2, -0.15) is 0 Å². The molecule has 0 saturated heterocycles. The number of nitrogens with one attached hydrogen (secondary N) is 1. The van der Waals surface area contributed by atoms with Gasteiger partial charge in [-0.25, -0.2) is 0 Å². The second-order valence-electron chi connectivity index (χ2n) is 5.95. The van der Waals surface area contributed by atoms with Gasteiger partial charge in [-0.15, -0.1) is 0 Å². The molecule has 1 aliphatic rings. The highest BCUT2D eigenvalue weighted by Gasteiger charge is 2.25. The fourth-order valence-corrected chi connectivity index (χ4v) is 2.78. The Balaban J connectivity index is 1.88. The summed E-state index contributed by atoms with van der Waals surface area (Å²) in [6, 6.07) is 8.10. The van der Waals surface area contributed by atoms with E-state index in [4.69, 9.17) is 4.74 Å². The van der Waals surface area contributed by atoms with Crippen LogP contribution < -0.4 is 10.1 Å². The number of rotatable bonds is 4. The molecular weight excluding hydrogens is 250 g/mol. The first-order valence-electron chi connectivity index (χ1n) is 7.60. The smallest absolute Gasteiger partial charge is 0.261 e. The zero-order valence-corrected chi connectivity index (χ0v) is 12.7. The fourth-order valence-electron chi connectivity index (χ4n) is 2.78. The maximum absolute atomic E-state index is 12.2. The highest BCUT2D eigenvalue weighted by Crippen LogP contribution is 2.24. The van der Waals surface area contributed by atoms with E-state index in [1.807, 2.05) is 38.1 Å². The van der Waals surface area contributed by atoms with Gasteiger partial charge in [0.15, 0.2) is 6.10 Å². The average molecular weight is 275 g/mol. The van der Waals surface area contributed by atoms with Crippen molar-refractivity contribution >= 4 is 5.91 Å². The zero-order valence-electron chi connectivity index (χ0n) is 12.7. The summed E-state index contributed by atoms with van der Waals surface area (Å²) in [6.07, 6.45) is 4.33. The molecule has 0 radical (unpaired) electrons. The second kappa shape index (κ2) is 6.78. The lowest BCUT2D eigenvalue weighted by atomic mass is 9.86. The van der Waals surface area contributed by atoms with Crippen LogP contribution in [-0.2, 0) is 4.79 Å². The standard InChI is InChI=1S/C17H25NO2/c1-12-7-6-9-15(11-12)20-14(3)17(19)18-16-10-5-4-8-13(16)2/h6-7,9,11,13-14,16H,4-5,8,10H2,1-3H3,(H,18,19)/t13-,14+,16-/m0/s1. The molecule has 0 bridgehead atoms. The quantitative estimate of drug-likeness (QED) is 0.914. The minimum Gasteiger partial charge on any atom is -0.481 e. The monoisotopic (exact) mass is 275 g/mol. The van der Waals surface area contributed by atoms with Gasteiger partial charge in [0.05, 0.1) is 0 Å². The molecular formula is C17H25NO2. The summed E-state index contributed by atoms with van der Waals surface area (Å²) in [5, 5.41) is 3.14. The molecule has 1 amide bonds. The summed E-state index contributed by atoms with van der Waals surface area (Å²) >= 11 is 0. The van der Waals surface area contributed by atoms with Crippen molar-refractivity contribution in [3.05, 3.63) is 29.8 Å². The van der Waals surface area contributed by atoms with E-state index < -0.39 is 6.10 Å². The van der Waals surface area contributed by atoms with Gasteiger partial charge in [-0.05, 0) is 50.3 Å². The summed E-state index contributed by atoms with van der Waals surface area (Å²) in [5.41, 5.74) is 1.14. The van der Waals surface area contributed by atoms with Crippen molar-refractivity contribution in [2.24, 2.45) is 5.92 Å². The first-order valence-corrected chi connectivity index (χ1v) is 7.60. The number of amides is 1. The van der Waals surface area contributed by atoms with E-state index in [0.717, 1.165) is 17.7 Å². The van der Waals surface area contributed by atoms with Crippen LogP contribution in [0.5, 0.6) is 5.75 Å². The van der Waals surface area contributed by atoms with Gasteiger partial charge in [0.2, 0.25) is 0 Å². The Labute approximate surface area is 121 Å². The molecule has 1 aliphatic carbocycles. The number of hydrogen-bond acceptors (Lipinski definition) is 2. The summed E-state index contributed by atoms with van der Waals surface area (Å²) in [7, 11) is 0. The van der Waals surface area contributed by atoms with Gasteiger partial charge in [0, 0.05) is 6.04 Å². The van der Waals surface area contributed by atoms with Crippen LogP contribution in [0, 0.1) is 12.8 Å². The van der Waals surface area contributed by atoms with Crippen molar-refractivity contribution in [1.29, 1.82) is 0 Å². The molecule has 3 nitrogen and oxygen atoms in total. The molecule has 0 spiro atoms. The summed E-state index contributed by atoms with van der Waals surface area (Å²) in [5.74, 6) is 1.31. The Hall–Kier alpha value is -1.51. The number of ether oxygens (including phenoxy) is 1. The molecule has 1 fully saturated rings.